The second-order valence-electron chi connectivity index (χ2n) is 4.19. The van der Waals surface area contributed by atoms with Crippen LogP contribution in [0.5, 0.6) is 0 Å². The number of aliphatic hydroxyl groups is 1. The summed E-state index contributed by atoms with van der Waals surface area (Å²) in [4.78, 5) is 0. The normalized spacial score (nSPS) is 10.9. The van der Waals surface area contributed by atoms with Crippen LogP contribution in [0.15, 0.2) is 18.2 Å². The molecule has 0 aromatic heterocycles. The van der Waals surface area contributed by atoms with E-state index < -0.39 is 15.3 Å². The number of aryl methyl sites for hydroxylation is 1. The molecule has 1 aromatic rings. The maximum absolute atomic E-state index is 11.7. The van der Waals surface area contributed by atoms with Crippen LogP contribution in [-0.2, 0) is 10.0 Å². The van der Waals surface area contributed by atoms with Crippen molar-refractivity contribution in [3.8, 4) is 11.8 Å². The largest absolute Gasteiger partial charge is 0.384 e. The van der Waals surface area contributed by atoms with E-state index in [1.807, 2.05) is 6.92 Å². The molecule has 0 saturated carbocycles. The van der Waals surface area contributed by atoms with E-state index in [1.165, 1.54) is 0 Å². The third kappa shape index (κ3) is 3.76. The summed E-state index contributed by atoms with van der Waals surface area (Å²) in [6.45, 7) is 4.88. The smallest absolute Gasteiger partial charge is 0.235 e. The average molecular weight is 267 g/mol. The molecule has 0 bridgehead atoms. The first-order valence-electron chi connectivity index (χ1n) is 5.59. The number of benzene rings is 1. The van der Waals surface area contributed by atoms with Crippen molar-refractivity contribution in [3.05, 3.63) is 29.3 Å². The van der Waals surface area contributed by atoms with Crippen LogP contribution in [0.2, 0.25) is 0 Å². The summed E-state index contributed by atoms with van der Waals surface area (Å²) >= 11 is 0. The number of hydrogen-bond acceptors (Lipinski definition) is 3. The highest BCUT2D eigenvalue weighted by Crippen LogP contribution is 2.17. The predicted molar refractivity (Wildman–Crippen MR) is 72.8 cm³/mol. The molecule has 1 rings (SSSR count). The van der Waals surface area contributed by atoms with E-state index >= 15 is 0 Å². The maximum atomic E-state index is 11.7. The summed E-state index contributed by atoms with van der Waals surface area (Å²) in [6.07, 6.45) is 0. The Balaban J connectivity index is 3.06. The summed E-state index contributed by atoms with van der Waals surface area (Å²) in [5.74, 6) is 5.33. The van der Waals surface area contributed by atoms with E-state index in [-0.39, 0.29) is 6.61 Å². The first-order valence-corrected chi connectivity index (χ1v) is 7.13. The Bertz CT molecular complexity index is 580. The van der Waals surface area contributed by atoms with Gasteiger partial charge in [-0.1, -0.05) is 17.9 Å². The van der Waals surface area contributed by atoms with Crippen molar-refractivity contribution in [1.29, 1.82) is 0 Å². The Morgan fingerprint density at radius 1 is 1.39 bits per heavy atom. The second kappa shape index (κ2) is 5.89. The van der Waals surface area contributed by atoms with Gasteiger partial charge in [0.15, 0.2) is 0 Å². The Kier molecular flexibility index (Phi) is 4.76. The van der Waals surface area contributed by atoms with Crippen LogP contribution in [0.4, 0.5) is 5.69 Å². The Labute approximate surface area is 108 Å². The average Bonchev–Trinajstić information content (AvgIpc) is 2.29. The molecule has 0 amide bonds. The molecule has 98 valence electrons. The van der Waals surface area contributed by atoms with Crippen molar-refractivity contribution in [2.75, 3.05) is 11.3 Å². The van der Waals surface area contributed by atoms with Crippen LogP contribution < -0.4 is 4.72 Å². The van der Waals surface area contributed by atoms with E-state index in [1.54, 1.807) is 32.0 Å². The summed E-state index contributed by atoms with van der Waals surface area (Å²) in [6, 6.07) is 5.15. The molecule has 0 radical (unpaired) electrons. The van der Waals surface area contributed by atoms with Crippen LogP contribution in [0, 0.1) is 18.8 Å². The molecule has 4 nitrogen and oxygen atoms in total. The van der Waals surface area contributed by atoms with Crippen molar-refractivity contribution in [3.63, 3.8) is 0 Å². The summed E-state index contributed by atoms with van der Waals surface area (Å²) in [5.41, 5.74) is 2.12. The fourth-order valence-corrected chi connectivity index (χ4v) is 1.93. The third-order valence-electron chi connectivity index (χ3n) is 2.42. The van der Waals surface area contributed by atoms with E-state index in [0.29, 0.717) is 11.3 Å². The fourth-order valence-electron chi connectivity index (χ4n) is 1.24. The van der Waals surface area contributed by atoms with Gasteiger partial charge < -0.3 is 5.11 Å². The van der Waals surface area contributed by atoms with Gasteiger partial charge in [0, 0.05) is 11.3 Å². The minimum absolute atomic E-state index is 0.221. The number of sulfonamides is 1. The summed E-state index contributed by atoms with van der Waals surface area (Å²) < 4.78 is 25.9. The summed E-state index contributed by atoms with van der Waals surface area (Å²) in [7, 11) is -3.35. The number of rotatable bonds is 3. The van der Waals surface area contributed by atoms with Crippen LogP contribution in [0.25, 0.3) is 0 Å². The summed E-state index contributed by atoms with van der Waals surface area (Å²) in [5, 5.41) is 8.17. The zero-order chi connectivity index (χ0) is 13.8. The number of nitrogens with one attached hydrogen (secondary N) is 1. The molecule has 18 heavy (non-hydrogen) atoms. The van der Waals surface area contributed by atoms with Gasteiger partial charge >= 0.3 is 0 Å². The molecule has 0 spiro atoms. The first kappa shape index (κ1) is 14.6. The predicted octanol–water partition coefficient (Wildman–Crippen LogP) is 1.49. The minimum Gasteiger partial charge on any atom is -0.384 e. The van der Waals surface area contributed by atoms with Gasteiger partial charge in [-0.05, 0) is 38.5 Å². The van der Waals surface area contributed by atoms with Crippen molar-refractivity contribution in [1.82, 2.24) is 0 Å². The van der Waals surface area contributed by atoms with Gasteiger partial charge in [-0.2, -0.15) is 0 Å². The van der Waals surface area contributed by atoms with Crippen molar-refractivity contribution < 1.29 is 13.5 Å². The number of anilines is 1. The van der Waals surface area contributed by atoms with Gasteiger partial charge in [-0.25, -0.2) is 8.42 Å². The maximum Gasteiger partial charge on any atom is 0.235 e. The number of aliphatic hydroxyl groups excluding tert-OH is 1. The van der Waals surface area contributed by atoms with E-state index in [2.05, 4.69) is 16.6 Å². The van der Waals surface area contributed by atoms with Gasteiger partial charge in [0.2, 0.25) is 10.0 Å². The first-order chi connectivity index (χ1) is 8.36. The fraction of sp³-hybridized carbons (Fsp3) is 0.385. The lowest BCUT2D eigenvalue weighted by atomic mass is 10.1. The van der Waals surface area contributed by atoms with Crippen molar-refractivity contribution in [2.45, 2.75) is 26.0 Å². The molecular formula is C13H17NO3S. The lowest BCUT2D eigenvalue weighted by molar-refractivity contribution is 0.350. The van der Waals surface area contributed by atoms with Gasteiger partial charge in [0.1, 0.15) is 6.61 Å². The Morgan fingerprint density at radius 3 is 2.61 bits per heavy atom. The third-order valence-corrected chi connectivity index (χ3v) is 4.18. The Hall–Kier alpha value is -1.51. The zero-order valence-electron chi connectivity index (χ0n) is 10.7. The molecule has 0 aliphatic heterocycles. The molecule has 0 fully saturated rings. The molecule has 0 aliphatic rings. The van der Waals surface area contributed by atoms with Crippen LogP contribution in [0.1, 0.15) is 25.0 Å². The molecule has 0 aliphatic carbocycles. The monoisotopic (exact) mass is 267 g/mol. The van der Waals surface area contributed by atoms with Gasteiger partial charge in [-0.15, -0.1) is 0 Å². The highest BCUT2D eigenvalue weighted by Gasteiger charge is 2.15. The SMILES string of the molecule is Cc1ccc(NS(=O)(=O)C(C)C)cc1C#CCO. The Morgan fingerprint density at radius 2 is 2.06 bits per heavy atom. The topological polar surface area (TPSA) is 66.4 Å². The molecule has 0 unspecified atom stereocenters. The molecule has 2 N–H and O–H groups in total. The van der Waals surface area contributed by atoms with Crippen LogP contribution >= 0.6 is 0 Å². The molecule has 1 aromatic carbocycles. The molecule has 0 heterocycles. The van der Waals surface area contributed by atoms with E-state index in [0.717, 1.165) is 5.56 Å². The molecule has 0 atom stereocenters. The van der Waals surface area contributed by atoms with Gasteiger partial charge in [0.05, 0.1) is 5.25 Å². The zero-order valence-corrected chi connectivity index (χ0v) is 11.5. The molecular weight excluding hydrogens is 250 g/mol. The van der Waals surface area contributed by atoms with Crippen LogP contribution in [0.3, 0.4) is 0 Å². The number of hydrogen-bond donors (Lipinski definition) is 2. The molecule has 5 heteroatoms. The quantitative estimate of drug-likeness (QED) is 0.815. The second-order valence-corrected chi connectivity index (χ2v) is 6.42. The van der Waals surface area contributed by atoms with E-state index in [9.17, 15) is 8.42 Å². The van der Waals surface area contributed by atoms with E-state index in [4.69, 9.17) is 5.11 Å². The minimum atomic E-state index is -3.35. The van der Waals surface area contributed by atoms with Crippen LogP contribution in [-0.4, -0.2) is 25.4 Å². The molecule has 0 saturated heterocycles. The lowest BCUT2D eigenvalue weighted by Gasteiger charge is -2.11. The highest BCUT2D eigenvalue weighted by molar-refractivity contribution is 7.93. The van der Waals surface area contributed by atoms with Gasteiger partial charge in [-0.3, -0.25) is 4.72 Å². The van der Waals surface area contributed by atoms with Crippen molar-refractivity contribution in [2.24, 2.45) is 0 Å². The van der Waals surface area contributed by atoms with Crippen molar-refractivity contribution >= 4 is 15.7 Å². The standard InChI is InChI=1S/C13H17NO3S/c1-10(2)18(16,17)14-13-7-6-11(3)12(9-13)5-4-8-15/h6-7,9-10,14-15H,8H2,1-3H3. The van der Waals surface area contributed by atoms with Gasteiger partial charge in [0.25, 0.3) is 0 Å². The lowest BCUT2D eigenvalue weighted by Crippen LogP contribution is -2.22. The highest BCUT2D eigenvalue weighted by atomic mass is 32.2.